The van der Waals surface area contributed by atoms with Crippen molar-refractivity contribution in [2.75, 3.05) is 0 Å². The van der Waals surface area contributed by atoms with E-state index in [4.69, 9.17) is 15.0 Å². The summed E-state index contributed by atoms with van der Waals surface area (Å²) < 4.78 is 4.52. The Hall–Kier alpha value is -6.85. The maximum Gasteiger partial charge on any atom is 0.145 e. The van der Waals surface area contributed by atoms with Gasteiger partial charge in [-0.25, -0.2) is 9.97 Å². The number of benzene rings is 7. The second kappa shape index (κ2) is 13.5. The third kappa shape index (κ3) is 5.88. The quantitative estimate of drug-likeness (QED) is 0.151. The smallest absolute Gasteiger partial charge is 0.145 e. The van der Waals surface area contributed by atoms with Crippen LogP contribution in [-0.2, 0) is 6.42 Å². The second-order valence-electron chi connectivity index (χ2n) is 13.0. The molecule has 0 N–H and O–H groups in total. The van der Waals surface area contributed by atoms with Crippen molar-refractivity contribution in [3.05, 3.63) is 199 Å². The highest BCUT2D eigenvalue weighted by molar-refractivity contribution is 6.05. The summed E-state index contributed by atoms with van der Waals surface area (Å²) in [6, 6.07) is 63.3. The van der Waals surface area contributed by atoms with Crippen molar-refractivity contribution in [2.24, 2.45) is 4.99 Å². The Bertz CT molecular complexity index is 2570. The highest BCUT2D eigenvalue weighted by atomic mass is 15.1. The zero-order valence-electron chi connectivity index (χ0n) is 28.8. The molecule has 0 aliphatic rings. The van der Waals surface area contributed by atoms with Crippen LogP contribution in [0.2, 0.25) is 0 Å². The molecule has 0 saturated carbocycles. The molecule has 0 aliphatic heterocycles. The minimum atomic E-state index is 0.655. The lowest BCUT2D eigenvalue weighted by atomic mass is 9.96. The third-order valence-electron chi connectivity index (χ3n) is 9.52. The molecular weight excluding hydrogens is 635 g/mol. The number of hydrogen-bond acceptors (Lipinski definition) is 3. The van der Waals surface area contributed by atoms with Gasteiger partial charge < -0.3 is 0 Å². The molecule has 0 fully saturated rings. The molecule has 0 radical (unpaired) electrons. The van der Waals surface area contributed by atoms with Gasteiger partial charge in [0.1, 0.15) is 11.6 Å². The Morgan fingerprint density at radius 2 is 0.962 bits per heavy atom. The predicted octanol–water partition coefficient (Wildman–Crippen LogP) is 11.4. The Kier molecular flexibility index (Phi) is 8.06. The van der Waals surface area contributed by atoms with E-state index in [1.54, 1.807) is 0 Å². The summed E-state index contributed by atoms with van der Waals surface area (Å²) in [6.45, 7) is 2.12. The Morgan fingerprint density at radius 1 is 0.500 bits per heavy atom. The molecule has 0 spiro atoms. The van der Waals surface area contributed by atoms with Crippen LogP contribution in [0.15, 0.2) is 187 Å². The third-order valence-corrected chi connectivity index (χ3v) is 9.52. The van der Waals surface area contributed by atoms with Crippen LogP contribution in [0.5, 0.6) is 0 Å². The van der Waals surface area contributed by atoms with E-state index in [0.717, 1.165) is 78.7 Å². The average molecular weight is 670 g/mol. The number of para-hydroxylation sites is 7. The fourth-order valence-corrected chi connectivity index (χ4v) is 7.00. The molecule has 7 aromatic carbocycles. The van der Waals surface area contributed by atoms with Crippen molar-refractivity contribution in [3.63, 3.8) is 0 Å². The molecule has 0 atom stereocenters. The fraction of sp³-hybridized carbons (Fsp3) is 0.0426. The monoisotopic (exact) mass is 669 g/mol. The summed E-state index contributed by atoms with van der Waals surface area (Å²) in [7, 11) is 0. The molecule has 5 nitrogen and oxygen atoms in total. The summed E-state index contributed by atoms with van der Waals surface area (Å²) in [5, 5.41) is 0. The molecule has 0 aliphatic carbocycles. The van der Waals surface area contributed by atoms with Gasteiger partial charge in [0, 0.05) is 28.9 Å². The molecule has 5 heteroatoms. The van der Waals surface area contributed by atoms with Gasteiger partial charge in [0.05, 0.1) is 33.5 Å². The maximum atomic E-state index is 5.40. The minimum absolute atomic E-state index is 0.655. The van der Waals surface area contributed by atoms with Crippen molar-refractivity contribution in [3.8, 4) is 34.2 Å². The van der Waals surface area contributed by atoms with Crippen molar-refractivity contribution in [1.29, 1.82) is 0 Å². The minimum Gasteiger partial charge on any atom is -0.292 e. The lowest BCUT2D eigenvalue weighted by Gasteiger charge is -2.16. The fourth-order valence-electron chi connectivity index (χ4n) is 7.00. The lowest BCUT2D eigenvalue weighted by molar-refractivity contribution is 1.09. The van der Waals surface area contributed by atoms with Crippen LogP contribution in [0, 0.1) is 6.92 Å². The van der Waals surface area contributed by atoms with E-state index in [2.05, 4.69) is 174 Å². The van der Waals surface area contributed by atoms with E-state index < -0.39 is 0 Å². The number of hydrogen-bond donors (Lipinski definition) is 0. The van der Waals surface area contributed by atoms with Gasteiger partial charge in [0.25, 0.3) is 0 Å². The first-order chi connectivity index (χ1) is 25.7. The Balaban J connectivity index is 1.35. The summed E-state index contributed by atoms with van der Waals surface area (Å²) in [5.41, 5.74) is 13.3. The number of imidazole rings is 2. The molecule has 52 heavy (non-hydrogen) atoms. The zero-order valence-corrected chi connectivity index (χ0v) is 28.8. The van der Waals surface area contributed by atoms with Crippen LogP contribution in [0.3, 0.4) is 0 Å². The average Bonchev–Trinajstić information content (AvgIpc) is 3.79. The van der Waals surface area contributed by atoms with Crippen LogP contribution < -0.4 is 0 Å². The van der Waals surface area contributed by atoms with E-state index in [0.29, 0.717) is 6.42 Å². The number of aryl methyl sites for hydroxylation is 1. The lowest BCUT2D eigenvalue weighted by Crippen LogP contribution is -2.08. The molecule has 9 aromatic rings. The maximum absolute atomic E-state index is 5.40. The van der Waals surface area contributed by atoms with Crippen LogP contribution >= 0.6 is 0 Å². The van der Waals surface area contributed by atoms with Gasteiger partial charge in [-0.3, -0.25) is 14.1 Å². The van der Waals surface area contributed by atoms with Gasteiger partial charge in [-0.05, 0) is 96.4 Å². The van der Waals surface area contributed by atoms with Gasteiger partial charge in [0.2, 0.25) is 0 Å². The van der Waals surface area contributed by atoms with E-state index in [9.17, 15) is 0 Å². The van der Waals surface area contributed by atoms with Crippen LogP contribution in [0.25, 0.3) is 56.2 Å². The molecule has 0 bridgehead atoms. The van der Waals surface area contributed by atoms with E-state index in [-0.39, 0.29) is 0 Å². The molecule has 0 unspecified atom stereocenters. The topological polar surface area (TPSA) is 48.0 Å². The number of fused-ring (bicyclic) bond motifs is 2. The van der Waals surface area contributed by atoms with Crippen molar-refractivity contribution in [1.82, 2.24) is 19.1 Å². The molecular formula is C47H35N5. The molecule has 2 aromatic heterocycles. The standard InChI is InChI=1S/C47H35N5/c1-33-17-11-12-24-40(33)48-43(29-34-18-5-2-6-19-34)35-30-36(46-49-41-25-13-15-27-44(41)51(46)38-20-7-3-8-21-38)32-37(31-35)47-50-42-26-14-16-28-45(42)52(47)39-22-9-4-10-23-39/h2-28,30-32H,29H2,1H3/b48-43+. The van der Waals surface area contributed by atoms with Crippen LogP contribution in [0.4, 0.5) is 5.69 Å². The van der Waals surface area contributed by atoms with Gasteiger partial charge in [-0.1, -0.05) is 109 Å². The van der Waals surface area contributed by atoms with Gasteiger partial charge >= 0.3 is 0 Å². The molecule has 9 rings (SSSR count). The number of nitrogens with zero attached hydrogens (tertiary/aromatic N) is 5. The SMILES string of the molecule is Cc1ccccc1/N=C(\Cc1ccccc1)c1cc(-c2nc3ccccc3n2-c2ccccc2)cc(-c2nc3ccccc3n2-c2ccccc2)c1. The summed E-state index contributed by atoms with van der Waals surface area (Å²) in [4.78, 5) is 16.0. The Morgan fingerprint density at radius 3 is 1.50 bits per heavy atom. The Labute approximate surface area is 302 Å². The summed E-state index contributed by atoms with van der Waals surface area (Å²) in [5.74, 6) is 1.71. The summed E-state index contributed by atoms with van der Waals surface area (Å²) >= 11 is 0. The van der Waals surface area contributed by atoms with E-state index >= 15 is 0 Å². The van der Waals surface area contributed by atoms with Crippen molar-refractivity contribution >= 4 is 33.5 Å². The van der Waals surface area contributed by atoms with Crippen molar-refractivity contribution in [2.45, 2.75) is 13.3 Å². The van der Waals surface area contributed by atoms with Gasteiger partial charge in [0.15, 0.2) is 0 Å². The molecule has 0 amide bonds. The molecule has 248 valence electrons. The first-order valence-electron chi connectivity index (χ1n) is 17.6. The first-order valence-corrected chi connectivity index (χ1v) is 17.6. The highest BCUT2D eigenvalue weighted by Gasteiger charge is 2.21. The van der Waals surface area contributed by atoms with E-state index in [1.165, 1.54) is 5.56 Å². The highest BCUT2D eigenvalue weighted by Crippen LogP contribution is 2.36. The van der Waals surface area contributed by atoms with Gasteiger partial charge in [-0.15, -0.1) is 0 Å². The first kappa shape index (κ1) is 31.2. The molecule has 0 saturated heterocycles. The van der Waals surface area contributed by atoms with Gasteiger partial charge in [-0.2, -0.15) is 0 Å². The van der Waals surface area contributed by atoms with Crippen LogP contribution in [0.1, 0.15) is 16.7 Å². The largest absolute Gasteiger partial charge is 0.292 e. The zero-order chi connectivity index (χ0) is 34.9. The summed E-state index contributed by atoms with van der Waals surface area (Å²) in [6.07, 6.45) is 0.655. The van der Waals surface area contributed by atoms with E-state index in [1.807, 2.05) is 24.3 Å². The number of aliphatic imine (C=N–C) groups is 1. The number of rotatable bonds is 8. The molecule has 2 heterocycles. The van der Waals surface area contributed by atoms with Crippen molar-refractivity contribution < 1.29 is 0 Å². The number of aromatic nitrogens is 4. The predicted molar refractivity (Wildman–Crippen MR) is 214 cm³/mol. The second-order valence-corrected chi connectivity index (χ2v) is 13.0. The normalized spacial score (nSPS) is 11.8. The van der Waals surface area contributed by atoms with Crippen LogP contribution in [-0.4, -0.2) is 24.8 Å².